The molecule has 2 aromatic carbocycles. The lowest BCUT2D eigenvalue weighted by Crippen LogP contribution is -2.46. The largest absolute Gasteiger partial charge is 0.416 e. The first-order chi connectivity index (χ1) is 20.0. The number of alkyl halides is 3. The molecule has 2 aromatic heterocycles. The molecule has 220 valence electrons. The van der Waals surface area contributed by atoms with Gasteiger partial charge in [0.2, 0.25) is 0 Å². The van der Waals surface area contributed by atoms with Gasteiger partial charge in [-0.05, 0) is 61.0 Å². The van der Waals surface area contributed by atoms with E-state index in [0.717, 1.165) is 42.7 Å². The Hall–Kier alpha value is -4.38. The third-order valence-electron chi connectivity index (χ3n) is 7.84. The van der Waals surface area contributed by atoms with Crippen LogP contribution in [0.1, 0.15) is 28.4 Å². The van der Waals surface area contributed by atoms with Crippen molar-refractivity contribution >= 4 is 34.0 Å². The molecule has 1 aliphatic rings. The second kappa shape index (κ2) is 11.5. The third-order valence-corrected chi connectivity index (χ3v) is 7.84. The van der Waals surface area contributed by atoms with Crippen molar-refractivity contribution < 1.29 is 18.0 Å². The number of carbonyl (C=O) groups is 1. The molecule has 0 atom stereocenters. The SMILES string of the molecule is CCN1CCN(c2cc(C(=O)Nc3ccc(C)c(-c4cc5cnc(NC)cc5n(C)c4=O)c3)cc(C(F)(F)F)c2)CC1. The smallest absolute Gasteiger partial charge is 0.373 e. The maximum Gasteiger partial charge on any atom is 0.416 e. The van der Waals surface area contributed by atoms with Gasteiger partial charge in [0.1, 0.15) is 5.82 Å². The Morgan fingerprint density at radius 3 is 2.40 bits per heavy atom. The number of rotatable bonds is 6. The molecule has 5 rings (SSSR count). The van der Waals surface area contributed by atoms with Crippen molar-refractivity contribution in [1.29, 1.82) is 0 Å². The maximum absolute atomic E-state index is 13.8. The van der Waals surface area contributed by atoms with Crippen LogP contribution < -0.4 is 21.1 Å². The Balaban J connectivity index is 1.48. The van der Waals surface area contributed by atoms with Crippen LogP contribution in [0.25, 0.3) is 22.0 Å². The molecular formula is C31H33F3N6O2. The van der Waals surface area contributed by atoms with E-state index in [2.05, 4.69) is 20.5 Å². The summed E-state index contributed by atoms with van der Waals surface area (Å²) in [5.41, 5.74) is 2.07. The van der Waals surface area contributed by atoms with Gasteiger partial charge in [0, 0.05) is 80.4 Å². The Kier molecular flexibility index (Phi) is 7.96. The number of pyridine rings is 2. The number of anilines is 3. The Morgan fingerprint density at radius 2 is 1.74 bits per heavy atom. The maximum atomic E-state index is 13.8. The summed E-state index contributed by atoms with van der Waals surface area (Å²) in [7, 11) is 3.43. The van der Waals surface area contributed by atoms with Gasteiger partial charge in [0.15, 0.2) is 0 Å². The van der Waals surface area contributed by atoms with E-state index in [0.29, 0.717) is 46.9 Å². The number of halogens is 3. The average Bonchev–Trinajstić information content (AvgIpc) is 2.99. The second-order valence-corrected chi connectivity index (χ2v) is 10.5. The van der Waals surface area contributed by atoms with Crippen LogP contribution in [0, 0.1) is 6.92 Å². The Labute approximate surface area is 241 Å². The van der Waals surface area contributed by atoms with Crippen molar-refractivity contribution in [3.8, 4) is 11.1 Å². The van der Waals surface area contributed by atoms with Crippen LogP contribution in [0.15, 0.2) is 59.5 Å². The van der Waals surface area contributed by atoms with Crippen LogP contribution in [-0.2, 0) is 13.2 Å². The van der Waals surface area contributed by atoms with Crippen molar-refractivity contribution in [2.24, 2.45) is 7.05 Å². The van der Waals surface area contributed by atoms with Gasteiger partial charge in [-0.2, -0.15) is 13.2 Å². The van der Waals surface area contributed by atoms with E-state index in [1.165, 1.54) is 6.07 Å². The number of nitrogens with zero attached hydrogens (tertiary/aromatic N) is 4. The quantitative estimate of drug-likeness (QED) is 0.321. The molecule has 1 fully saturated rings. The minimum atomic E-state index is -4.60. The van der Waals surface area contributed by atoms with Gasteiger partial charge in [-0.3, -0.25) is 9.59 Å². The molecule has 0 aliphatic carbocycles. The van der Waals surface area contributed by atoms with E-state index in [-0.39, 0.29) is 11.1 Å². The number of hydrogen-bond donors (Lipinski definition) is 2. The molecule has 0 saturated carbocycles. The van der Waals surface area contributed by atoms with E-state index in [1.54, 1.807) is 55.2 Å². The summed E-state index contributed by atoms with van der Waals surface area (Å²) in [4.78, 5) is 35.2. The van der Waals surface area contributed by atoms with Crippen molar-refractivity contribution in [3.05, 3.63) is 81.8 Å². The fraction of sp³-hybridized carbons (Fsp3) is 0.323. The summed E-state index contributed by atoms with van der Waals surface area (Å²) in [5, 5.41) is 6.47. The molecule has 3 heterocycles. The van der Waals surface area contributed by atoms with Gasteiger partial charge in [-0.15, -0.1) is 0 Å². The fourth-order valence-electron chi connectivity index (χ4n) is 5.30. The van der Waals surface area contributed by atoms with Crippen molar-refractivity contribution in [2.45, 2.75) is 20.0 Å². The zero-order valence-corrected chi connectivity index (χ0v) is 24.0. The number of fused-ring (bicyclic) bond motifs is 1. The third kappa shape index (κ3) is 5.82. The summed E-state index contributed by atoms with van der Waals surface area (Å²) < 4.78 is 43.0. The monoisotopic (exact) mass is 578 g/mol. The predicted molar refractivity (Wildman–Crippen MR) is 160 cm³/mol. The van der Waals surface area contributed by atoms with E-state index in [1.807, 2.05) is 18.7 Å². The second-order valence-electron chi connectivity index (χ2n) is 10.5. The lowest BCUT2D eigenvalue weighted by Gasteiger charge is -2.36. The van der Waals surface area contributed by atoms with E-state index < -0.39 is 17.6 Å². The number of piperazine rings is 1. The van der Waals surface area contributed by atoms with Crippen molar-refractivity contribution in [1.82, 2.24) is 14.5 Å². The molecule has 0 spiro atoms. The zero-order chi connectivity index (χ0) is 30.2. The molecule has 4 aromatic rings. The Bertz CT molecular complexity index is 1710. The first-order valence-corrected chi connectivity index (χ1v) is 13.8. The summed E-state index contributed by atoms with van der Waals surface area (Å²) in [6.45, 7) is 7.40. The predicted octanol–water partition coefficient (Wildman–Crippen LogP) is 5.36. The van der Waals surface area contributed by atoms with Crippen LogP contribution in [0.3, 0.4) is 0 Å². The van der Waals surface area contributed by atoms with Crippen LogP contribution in [0.2, 0.25) is 0 Å². The van der Waals surface area contributed by atoms with Crippen LogP contribution in [0.4, 0.5) is 30.4 Å². The first kappa shape index (κ1) is 29.1. The van der Waals surface area contributed by atoms with Crippen LogP contribution >= 0.6 is 0 Å². The molecule has 0 bridgehead atoms. The van der Waals surface area contributed by atoms with Gasteiger partial charge in [-0.25, -0.2) is 4.98 Å². The number of benzene rings is 2. The normalized spacial score (nSPS) is 14.3. The highest BCUT2D eigenvalue weighted by Gasteiger charge is 2.33. The summed E-state index contributed by atoms with van der Waals surface area (Å²) in [6.07, 6.45) is -2.93. The summed E-state index contributed by atoms with van der Waals surface area (Å²) in [6, 6.07) is 12.1. The highest BCUT2D eigenvalue weighted by molar-refractivity contribution is 6.05. The highest BCUT2D eigenvalue weighted by atomic mass is 19.4. The number of nitrogens with one attached hydrogen (secondary N) is 2. The van der Waals surface area contributed by atoms with Crippen LogP contribution in [-0.4, -0.2) is 60.1 Å². The molecule has 1 saturated heterocycles. The molecule has 42 heavy (non-hydrogen) atoms. The molecule has 1 amide bonds. The zero-order valence-electron chi connectivity index (χ0n) is 24.0. The molecule has 0 radical (unpaired) electrons. The molecule has 11 heteroatoms. The van der Waals surface area contributed by atoms with E-state index >= 15 is 0 Å². The van der Waals surface area contributed by atoms with E-state index in [9.17, 15) is 22.8 Å². The molecule has 8 nitrogen and oxygen atoms in total. The number of likely N-dealkylation sites (N-methyl/N-ethyl adjacent to an activating group) is 1. The molecule has 2 N–H and O–H groups in total. The molecule has 1 aliphatic heterocycles. The molecular weight excluding hydrogens is 545 g/mol. The number of hydrogen-bond acceptors (Lipinski definition) is 6. The van der Waals surface area contributed by atoms with Gasteiger partial charge >= 0.3 is 6.18 Å². The number of aryl methyl sites for hydroxylation is 2. The molecule has 0 unspecified atom stereocenters. The summed E-state index contributed by atoms with van der Waals surface area (Å²) in [5.74, 6) is -0.0355. The summed E-state index contributed by atoms with van der Waals surface area (Å²) >= 11 is 0. The van der Waals surface area contributed by atoms with Crippen molar-refractivity contribution in [2.75, 3.05) is 55.3 Å². The standard InChI is InChI=1S/C31H33F3N6O2/c1-5-39-8-10-40(11-9-39)24-13-20(12-22(15-24)31(32,33)34)29(41)37-23-7-6-19(2)25(16-23)26-14-21-18-36-28(35-3)17-27(21)38(4)30(26)42/h6-7,12-18H,5,8-11H2,1-4H3,(H,35,36)(H,37,41). The van der Waals surface area contributed by atoms with Crippen molar-refractivity contribution in [3.63, 3.8) is 0 Å². The number of aromatic nitrogens is 2. The van der Waals surface area contributed by atoms with Gasteiger partial charge in [0.25, 0.3) is 11.5 Å². The number of carbonyl (C=O) groups excluding carboxylic acids is 1. The average molecular weight is 579 g/mol. The number of amides is 1. The first-order valence-electron chi connectivity index (χ1n) is 13.8. The minimum Gasteiger partial charge on any atom is -0.373 e. The van der Waals surface area contributed by atoms with Crippen LogP contribution in [0.5, 0.6) is 0 Å². The lowest BCUT2D eigenvalue weighted by molar-refractivity contribution is -0.137. The minimum absolute atomic E-state index is 0.0899. The van der Waals surface area contributed by atoms with Gasteiger partial charge in [-0.1, -0.05) is 13.0 Å². The van der Waals surface area contributed by atoms with Gasteiger partial charge in [0.05, 0.1) is 11.1 Å². The fourth-order valence-corrected chi connectivity index (χ4v) is 5.30. The highest BCUT2D eigenvalue weighted by Crippen LogP contribution is 2.34. The topological polar surface area (TPSA) is 82.5 Å². The van der Waals surface area contributed by atoms with E-state index in [4.69, 9.17) is 0 Å². The Morgan fingerprint density at radius 1 is 1.00 bits per heavy atom. The lowest BCUT2D eigenvalue weighted by atomic mass is 9.99. The van der Waals surface area contributed by atoms with Gasteiger partial charge < -0.3 is 25.0 Å².